The zero-order chi connectivity index (χ0) is 20.7. The van der Waals surface area contributed by atoms with Gasteiger partial charge in [-0.25, -0.2) is 5.06 Å². The van der Waals surface area contributed by atoms with Gasteiger partial charge in [-0.2, -0.15) is 0 Å². The number of hydrogen-bond donors (Lipinski definition) is 2. The maximum atomic E-state index is 12.1. The summed E-state index contributed by atoms with van der Waals surface area (Å²) in [4.78, 5) is 39.4. The van der Waals surface area contributed by atoms with Gasteiger partial charge in [-0.05, 0) is 36.4 Å². The third kappa shape index (κ3) is 5.17. The van der Waals surface area contributed by atoms with Crippen molar-refractivity contribution in [3.8, 4) is 5.75 Å². The summed E-state index contributed by atoms with van der Waals surface area (Å²) in [6.07, 6.45) is 0. The zero-order valence-electron chi connectivity index (χ0n) is 15.6. The molecule has 0 bridgehead atoms. The van der Waals surface area contributed by atoms with Crippen LogP contribution in [-0.4, -0.2) is 49.6 Å². The van der Waals surface area contributed by atoms with Crippen LogP contribution in [0.5, 0.6) is 5.75 Å². The predicted molar refractivity (Wildman–Crippen MR) is 102 cm³/mol. The van der Waals surface area contributed by atoms with Crippen molar-refractivity contribution >= 4 is 28.9 Å². The molecule has 0 aliphatic carbocycles. The molecule has 0 aliphatic rings. The fraction of sp³-hybridized carbons (Fsp3) is 0.222. The Hall–Kier alpha value is -3.66. The number of nitro groups is 1. The molecule has 2 amide bonds. The van der Waals surface area contributed by atoms with Gasteiger partial charge in [-0.1, -0.05) is 0 Å². The predicted octanol–water partition coefficient (Wildman–Crippen LogP) is 2.29. The molecule has 28 heavy (non-hydrogen) atoms. The number of carbonyl (C=O) groups is 2. The number of nitrogens with zero attached hydrogens (tertiary/aromatic N) is 2. The molecule has 0 aromatic heterocycles. The smallest absolute Gasteiger partial charge is 0.296 e. The fourth-order valence-corrected chi connectivity index (χ4v) is 2.27. The first-order valence-electron chi connectivity index (χ1n) is 8.14. The van der Waals surface area contributed by atoms with Crippen LogP contribution in [0.4, 0.5) is 17.1 Å². The third-order valence-corrected chi connectivity index (χ3v) is 3.82. The zero-order valence-corrected chi connectivity index (χ0v) is 15.6. The van der Waals surface area contributed by atoms with Gasteiger partial charge < -0.3 is 15.4 Å². The van der Waals surface area contributed by atoms with Crippen LogP contribution < -0.4 is 15.4 Å². The Bertz CT molecular complexity index is 869. The standard InChI is InChI=1S/C18H20N4O6/c1-21(28-3)18(24)12-4-6-13(7-5-12)19-11-17(23)20-15-9-8-14(27-2)10-16(15)22(25)26/h4-10,19H,11H2,1-3H3,(H,20,23). The van der Waals surface area contributed by atoms with Gasteiger partial charge in [0.1, 0.15) is 11.4 Å². The van der Waals surface area contributed by atoms with Crippen LogP contribution in [-0.2, 0) is 9.63 Å². The molecule has 10 heteroatoms. The van der Waals surface area contributed by atoms with Gasteiger partial charge in [0.05, 0.1) is 31.8 Å². The number of nitrogens with one attached hydrogen (secondary N) is 2. The molecule has 0 fully saturated rings. The van der Waals surface area contributed by atoms with Crippen molar-refractivity contribution in [2.24, 2.45) is 0 Å². The lowest BCUT2D eigenvalue weighted by atomic mass is 10.2. The van der Waals surface area contributed by atoms with E-state index in [0.717, 1.165) is 5.06 Å². The number of hydroxylamine groups is 2. The van der Waals surface area contributed by atoms with E-state index in [-0.39, 0.29) is 23.8 Å². The minimum atomic E-state index is -0.599. The van der Waals surface area contributed by atoms with E-state index in [9.17, 15) is 19.7 Å². The highest BCUT2D eigenvalue weighted by atomic mass is 16.7. The van der Waals surface area contributed by atoms with Crippen molar-refractivity contribution in [1.29, 1.82) is 0 Å². The van der Waals surface area contributed by atoms with Crippen molar-refractivity contribution < 1.29 is 24.1 Å². The first-order valence-corrected chi connectivity index (χ1v) is 8.14. The molecule has 10 nitrogen and oxygen atoms in total. The highest BCUT2D eigenvalue weighted by molar-refractivity contribution is 5.96. The van der Waals surface area contributed by atoms with Crippen molar-refractivity contribution in [2.75, 3.05) is 38.4 Å². The lowest BCUT2D eigenvalue weighted by molar-refractivity contribution is -0.384. The average molecular weight is 388 g/mol. The van der Waals surface area contributed by atoms with E-state index in [1.807, 2.05) is 0 Å². The molecule has 0 atom stereocenters. The largest absolute Gasteiger partial charge is 0.496 e. The van der Waals surface area contributed by atoms with Crippen LogP contribution in [0.1, 0.15) is 10.4 Å². The number of benzene rings is 2. The molecule has 0 saturated heterocycles. The maximum Gasteiger partial charge on any atom is 0.296 e. The Morgan fingerprint density at radius 3 is 2.39 bits per heavy atom. The van der Waals surface area contributed by atoms with E-state index in [4.69, 9.17) is 9.57 Å². The number of hydrogen-bond acceptors (Lipinski definition) is 7. The molecule has 2 rings (SSSR count). The summed E-state index contributed by atoms with van der Waals surface area (Å²) in [5.41, 5.74) is 0.836. The molecular weight excluding hydrogens is 368 g/mol. The Balaban J connectivity index is 1.98. The van der Waals surface area contributed by atoms with Crippen molar-refractivity contribution in [1.82, 2.24) is 5.06 Å². The lowest BCUT2D eigenvalue weighted by Crippen LogP contribution is -2.25. The van der Waals surface area contributed by atoms with Crippen LogP contribution in [0, 0.1) is 10.1 Å². The summed E-state index contributed by atoms with van der Waals surface area (Å²) in [6.45, 7) is -0.117. The minimum absolute atomic E-state index is 0.0705. The molecule has 2 aromatic rings. The van der Waals surface area contributed by atoms with Crippen molar-refractivity contribution in [3.05, 3.63) is 58.1 Å². The normalized spacial score (nSPS) is 10.1. The number of anilines is 2. The van der Waals surface area contributed by atoms with Gasteiger partial charge in [0, 0.05) is 18.3 Å². The van der Waals surface area contributed by atoms with Crippen molar-refractivity contribution in [3.63, 3.8) is 0 Å². The maximum absolute atomic E-state index is 12.1. The monoisotopic (exact) mass is 388 g/mol. The summed E-state index contributed by atoms with van der Waals surface area (Å²) < 4.78 is 4.95. The molecule has 0 spiro atoms. The first kappa shape index (κ1) is 20.6. The second-order valence-corrected chi connectivity index (χ2v) is 5.60. The van der Waals surface area contributed by atoms with E-state index in [1.165, 1.54) is 39.5 Å². The van der Waals surface area contributed by atoms with Gasteiger partial charge >= 0.3 is 0 Å². The third-order valence-electron chi connectivity index (χ3n) is 3.82. The summed E-state index contributed by atoms with van der Waals surface area (Å²) in [7, 11) is 4.28. The van der Waals surface area contributed by atoms with Crippen LogP contribution in [0.25, 0.3) is 0 Å². The van der Waals surface area contributed by atoms with Gasteiger partial charge in [0.2, 0.25) is 5.91 Å². The molecule has 0 unspecified atom stereocenters. The summed E-state index contributed by atoms with van der Waals surface area (Å²) in [6, 6.07) is 10.6. The minimum Gasteiger partial charge on any atom is -0.496 e. The quantitative estimate of drug-likeness (QED) is 0.525. The van der Waals surface area contributed by atoms with Crippen LogP contribution >= 0.6 is 0 Å². The Morgan fingerprint density at radius 1 is 1.14 bits per heavy atom. The first-order chi connectivity index (χ1) is 13.3. The average Bonchev–Trinajstić information content (AvgIpc) is 2.71. The number of amides is 2. The lowest BCUT2D eigenvalue weighted by Gasteiger charge is -2.14. The second kappa shape index (κ2) is 9.33. The number of rotatable bonds is 8. The van der Waals surface area contributed by atoms with E-state index in [2.05, 4.69) is 10.6 Å². The molecular formula is C18H20N4O6. The van der Waals surface area contributed by atoms with Gasteiger partial charge in [-0.3, -0.25) is 24.5 Å². The van der Waals surface area contributed by atoms with Gasteiger partial charge in [0.15, 0.2) is 0 Å². The Kier molecular flexibility index (Phi) is 6.88. The number of carbonyl (C=O) groups excluding carboxylic acids is 2. The highest BCUT2D eigenvalue weighted by Crippen LogP contribution is 2.28. The molecule has 2 aromatic carbocycles. The Labute approximate surface area is 161 Å². The molecule has 0 radical (unpaired) electrons. The number of methoxy groups -OCH3 is 1. The second-order valence-electron chi connectivity index (χ2n) is 5.60. The summed E-state index contributed by atoms with van der Waals surface area (Å²) in [5.74, 6) is -0.456. The SMILES string of the molecule is COc1ccc(NC(=O)CNc2ccc(C(=O)N(C)OC)cc2)c([N+](=O)[O-])c1. The molecule has 0 saturated carbocycles. The van der Waals surface area contributed by atoms with E-state index >= 15 is 0 Å². The van der Waals surface area contributed by atoms with Gasteiger partial charge in [-0.15, -0.1) is 0 Å². The molecule has 148 valence electrons. The number of ether oxygens (including phenoxy) is 1. The highest BCUT2D eigenvalue weighted by Gasteiger charge is 2.17. The van der Waals surface area contributed by atoms with E-state index < -0.39 is 10.8 Å². The molecule has 2 N–H and O–H groups in total. The van der Waals surface area contributed by atoms with E-state index in [0.29, 0.717) is 17.0 Å². The molecule has 0 aliphatic heterocycles. The van der Waals surface area contributed by atoms with Crippen LogP contribution in [0.3, 0.4) is 0 Å². The van der Waals surface area contributed by atoms with Crippen LogP contribution in [0.15, 0.2) is 42.5 Å². The Morgan fingerprint density at radius 2 is 1.82 bits per heavy atom. The van der Waals surface area contributed by atoms with E-state index in [1.54, 1.807) is 24.3 Å². The van der Waals surface area contributed by atoms with Gasteiger partial charge in [0.25, 0.3) is 11.6 Å². The summed E-state index contributed by atoms with van der Waals surface area (Å²) >= 11 is 0. The van der Waals surface area contributed by atoms with Crippen LogP contribution in [0.2, 0.25) is 0 Å². The van der Waals surface area contributed by atoms with Crippen molar-refractivity contribution in [2.45, 2.75) is 0 Å². The molecule has 0 heterocycles. The fourth-order valence-electron chi connectivity index (χ4n) is 2.27. The topological polar surface area (TPSA) is 123 Å². The summed E-state index contributed by atoms with van der Waals surface area (Å²) in [5, 5.41) is 17.6. The number of nitro benzene ring substituents is 1.